The zero-order valence-corrected chi connectivity index (χ0v) is 7.55. The van der Waals surface area contributed by atoms with Crippen molar-refractivity contribution in [3.8, 4) is 0 Å². The minimum atomic E-state index is 0. The Kier molecular flexibility index (Phi) is 2.73. The van der Waals surface area contributed by atoms with E-state index in [9.17, 15) is 0 Å². The van der Waals surface area contributed by atoms with E-state index >= 15 is 0 Å². The maximum Gasteiger partial charge on any atom is 0.0316 e. The standard InChI is InChI=1S/C9H12N2.ClH/c10-8-5-9(11)7-4-2-1-3-6(7)8;/h1-4,8-9H,5,10-11H2;1H/t8-,9+;. The lowest BCUT2D eigenvalue weighted by atomic mass is 10.1. The van der Waals surface area contributed by atoms with Crippen molar-refractivity contribution in [2.75, 3.05) is 0 Å². The predicted molar refractivity (Wildman–Crippen MR) is 52.2 cm³/mol. The van der Waals surface area contributed by atoms with Gasteiger partial charge in [0.2, 0.25) is 0 Å². The minimum absolute atomic E-state index is 0. The molecule has 1 aliphatic rings. The molecule has 0 aromatic heterocycles. The molecule has 2 rings (SSSR count). The molecule has 0 fully saturated rings. The summed E-state index contributed by atoms with van der Waals surface area (Å²) in [5.74, 6) is 0. The van der Waals surface area contributed by atoms with Crippen LogP contribution in [0.4, 0.5) is 0 Å². The van der Waals surface area contributed by atoms with Crippen LogP contribution in [0.3, 0.4) is 0 Å². The van der Waals surface area contributed by atoms with Gasteiger partial charge in [0.15, 0.2) is 0 Å². The van der Waals surface area contributed by atoms with Gasteiger partial charge in [-0.1, -0.05) is 24.3 Å². The van der Waals surface area contributed by atoms with Crippen LogP contribution in [0.15, 0.2) is 24.3 Å². The van der Waals surface area contributed by atoms with E-state index in [0.29, 0.717) is 0 Å². The van der Waals surface area contributed by atoms with Gasteiger partial charge >= 0.3 is 0 Å². The van der Waals surface area contributed by atoms with Crippen LogP contribution < -0.4 is 11.5 Å². The molecule has 3 heteroatoms. The van der Waals surface area contributed by atoms with Gasteiger partial charge in [-0.15, -0.1) is 12.4 Å². The van der Waals surface area contributed by atoms with Gasteiger partial charge in [-0.05, 0) is 17.5 Å². The lowest BCUT2D eigenvalue weighted by Crippen LogP contribution is -2.08. The normalized spacial score (nSPS) is 26.2. The Morgan fingerprint density at radius 3 is 1.83 bits per heavy atom. The zero-order chi connectivity index (χ0) is 7.84. The van der Waals surface area contributed by atoms with Crippen molar-refractivity contribution in [3.63, 3.8) is 0 Å². The van der Waals surface area contributed by atoms with E-state index in [-0.39, 0.29) is 24.5 Å². The number of fused-ring (bicyclic) bond motifs is 1. The molecule has 0 aliphatic heterocycles. The number of rotatable bonds is 0. The summed E-state index contributed by atoms with van der Waals surface area (Å²) in [5, 5.41) is 0. The van der Waals surface area contributed by atoms with Gasteiger partial charge in [-0.3, -0.25) is 0 Å². The monoisotopic (exact) mass is 184 g/mol. The molecule has 0 radical (unpaired) electrons. The van der Waals surface area contributed by atoms with E-state index in [1.807, 2.05) is 12.1 Å². The van der Waals surface area contributed by atoms with Crippen LogP contribution in [-0.2, 0) is 0 Å². The van der Waals surface area contributed by atoms with Gasteiger partial charge in [0.1, 0.15) is 0 Å². The molecule has 0 heterocycles. The summed E-state index contributed by atoms with van der Waals surface area (Å²) in [7, 11) is 0. The summed E-state index contributed by atoms with van der Waals surface area (Å²) in [5.41, 5.74) is 14.2. The first-order valence-corrected chi connectivity index (χ1v) is 3.89. The van der Waals surface area contributed by atoms with Crippen molar-refractivity contribution >= 4 is 12.4 Å². The van der Waals surface area contributed by atoms with Crippen molar-refractivity contribution in [2.45, 2.75) is 18.5 Å². The zero-order valence-electron chi connectivity index (χ0n) is 6.73. The fourth-order valence-corrected chi connectivity index (χ4v) is 1.71. The molecular weight excluding hydrogens is 172 g/mol. The van der Waals surface area contributed by atoms with Gasteiger partial charge in [0.25, 0.3) is 0 Å². The number of hydrogen-bond donors (Lipinski definition) is 2. The second-order valence-corrected chi connectivity index (χ2v) is 3.08. The number of nitrogens with two attached hydrogens (primary N) is 2. The largest absolute Gasteiger partial charge is 0.324 e. The Balaban J connectivity index is 0.000000720. The third-order valence-electron chi connectivity index (χ3n) is 2.30. The highest BCUT2D eigenvalue weighted by molar-refractivity contribution is 5.85. The van der Waals surface area contributed by atoms with Crippen molar-refractivity contribution < 1.29 is 0 Å². The second-order valence-electron chi connectivity index (χ2n) is 3.08. The maximum atomic E-state index is 5.86. The molecule has 1 aromatic carbocycles. The van der Waals surface area contributed by atoms with Gasteiger partial charge in [0.05, 0.1) is 0 Å². The van der Waals surface area contributed by atoms with Crippen LogP contribution in [0.2, 0.25) is 0 Å². The van der Waals surface area contributed by atoms with Crippen LogP contribution in [0.1, 0.15) is 29.6 Å². The first-order valence-electron chi connectivity index (χ1n) is 3.89. The Morgan fingerprint density at radius 2 is 1.42 bits per heavy atom. The molecule has 0 saturated carbocycles. The number of benzene rings is 1. The second kappa shape index (κ2) is 3.44. The Hall–Kier alpha value is -0.570. The van der Waals surface area contributed by atoms with E-state index in [0.717, 1.165) is 6.42 Å². The van der Waals surface area contributed by atoms with Crippen molar-refractivity contribution in [1.29, 1.82) is 0 Å². The number of hydrogen-bond acceptors (Lipinski definition) is 2. The van der Waals surface area contributed by atoms with Crippen LogP contribution >= 0.6 is 12.4 Å². The fraction of sp³-hybridized carbons (Fsp3) is 0.333. The summed E-state index contributed by atoms with van der Waals surface area (Å²) in [4.78, 5) is 0. The molecule has 4 N–H and O–H groups in total. The first-order chi connectivity index (χ1) is 5.29. The van der Waals surface area contributed by atoms with E-state index in [2.05, 4.69) is 12.1 Å². The lowest BCUT2D eigenvalue weighted by molar-refractivity contribution is 0.621. The molecule has 0 saturated heterocycles. The molecule has 0 amide bonds. The topological polar surface area (TPSA) is 52.0 Å². The molecule has 12 heavy (non-hydrogen) atoms. The molecule has 1 aromatic rings. The summed E-state index contributed by atoms with van der Waals surface area (Å²) in [6.45, 7) is 0. The first kappa shape index (κ1) is 9.52. The SMILES string of the molecule is Cl.N[C@@H]1C[C@H](N)c2ccccc21. The van der Waals surface area contributed by atoms with Crippen LogP contribution in [0.5, 0.6) is 0 Å². The summed E-state index contributed by atoms with van der Waals surface area (Å²) in [6, 6.07) is 8.45. The van der Waals surface area contributed by atoms with Gasteiger partial charge < -0.3 is 11.5 Å². The van der Waals surface area contributed by atoms with E-state index < -0.39 is 0 Å². The Bertz CT molecular complexity index is 248. The molecule has 1 aliphatic carbocycles. The highest BCUT2D eigenvalue weighted by Gasteiger charge is 2.24. The summed E-state index contributed by atoms with van der Waals surface area (Å²) < 4.78 is 0. The molecule has 2 nitrogen and oxygen atoms in total. The molecular formula is C9H13ClN2. The molecule has 0 unspecified atom stereocenters. The predicted octanol–water partition coefficient (Wildman–Crippen LogP) is 1.51. The average Bonchev–Trinajstić information content (AvgIpc) is 2.30. The van der Waals surface area contributed by atoms with Crippen LogP contribution in [-0.4, -0.2) is 0 Å². The molecule has 2 atom stereocenters. The molecule has 66 valence electrons. The Labute approximate surface area is 78.4 Å². The van der Waals surface area contributed by atoms with Gasteiger partial charge in [-0.2, -0.15) is 0 Å². The minimum Gasteiger partial charge on any atom is -0.324 e. The summed E-state index contributed by atoms with van der Waals surface area (Å²) in [6.07, 6.45) is 0.888. The van der Waals surface area contributed by atoms with Crippen LogP contribution in [0.25, 0.3) is 0 Å². The lowest BCUT2D eigenvalue weighted by Gasteiger charge is -2.01. The van der Waals surface area contributed by atoms with Gasteiger partial charge in [-0.25, -0.2) is 0 Å². The number of halogens is 1. The van der Waals surface area contributed by atoms with E-state index in [1.54, 1.807) is 0 Å². The van der Waals surface area contributed by atoms with Gasteiger partial charge in [0, 0.05) is 12.1 Å². The third-order valence-corrected chi connectivity index (χ3v) is 2.30. The summed E-state index contributed by atoms with van der Waals surface area (Å²) >= 11 is 0. The highest BCUT2D eigenvalue weighted by Crippen LogP contribution is 2.34. The highest BCUT2D eigenvalue weighted by atomic mass is 35.5. The molecule has 0 spiro atoms. The molecule has 0 bridgehead atoms. The quantitative estimate of drug-likeness (QED) is 0.642. The fourth-order valence-electron chi connectivity index (χ4n) is 1.71. The third kappa shape index (κ3) is 1.33. The average molecular weight is 185 g/mol. The van der Waals surface area contributed by atoms with Crippen LogP contribution in [0, 0.1) is 0 Å². The van der Waals surface area contributed by atoms with Crippen molar-refractivity contribution in [1.82, 2.24) is 0 Å². The van der Waals surface area contributed by atoms with Crippen molar-refractivity contribution in [3.05, 3.63) is 35.4 Å². The van der Waals surface area contributed by atoms with E-state index in [1.165, 1.54) is 11.1 Å². The van der Waals surface area contributed by atoms with Crippen molar-refractivity contribution in [2.24, 2.45) is 11.5 Å². The maximum absolute atomic E-state index is 5.86. The Morgan fingerprint density at radius 1 is 1.00 bits per heavy atom. The smallest absolute Gasteiger partial charge is 0.0316 e. The van der Waals surface area contributed by atoms with E-state index in [4.69, 9.17) is 11.5 Å².